The Bertz CT molecular complexity index is 629. The van der Waals surface area contributed by atoms with Gasteiger partial charge in [-0.1, -0.05) is 6.07 Å². The van der Waals surface area contributed by atoms with Crippen LogP contribution in [0.3, 0.4) is 0 Å². The predicted octanol–water partition coefficient (Wildman–Crippen LogP) is -3.34. The van der Waals surface area contributed by atoms with Crippen LogP contribution in [-0.4, -0.2) is 80.7 Å². The first-order chi connectivity index (χ1) is 11.0. The number of aliphatic hydroxyl groups is 5. The Labute approximate surface area is 137 Å². The molecular weight excluding hydrogens is 350 g/mol. The Morgan fingerprint density at radius 2 is 1.79 bits per heavy atom. The van der Waals surface area contributed by atoms with Gasteiger partial charge in [-0.25, -0.2) is 9.17 Å². The number of nitrogen functional groups attached to an aromatic ring is 1. The summed E-state index contributed by atoms with van der Waals surface area (Å²) < 4.78 is 34.7. The number of rotatable bonds is 9. The van der Waals surface area contributed by atoms with Gasteiger partial charge in [-0.05, 0) is 12.1 Å². The summed E-state index contributed by atoms with van der Waals surface area (Å²) >= 11 is 0. The first kappa shape index (κ1) is 20.5. The Morgan fingerprint density at radius 3 is 2.29 bits per heavy atom. The van der Waals surface area contributed by atoms with Gasteiger partial charge in [0.1, 0.15) is 36.1 Å². The number of hydrogen-bond donors (Lipinski definition) is 8. The fourth-order valence-corrected chi connectivity index (χ4v) is 2.12. The molecule has 1 aromatic rings. The topological polar surface area (TPSA) is 216 Å². The summed E-state index contributed by atoms with van der Waals surface area (Å²) in [4.78, 5) is 3.75. The third-order valence-corrected chi connectivity index (χ3v) is 3.33. The van der Waals surface area contributed by atoms with E-state index in [0.29, 0.717) is 0 Å². The molecular formula is C11H19N3O9S. The highest BCUT2D eigenvalue weighted by atomic mass is 32.3. The number of aliphatic hydroxyl groups excluding tert-OH is 5. The molecule has 1 rings (SSSR count). The van der Waals surface area contributed by atoms with Crippen molar-refractivity contribution in [3.8, 4) is 0 Å². The molecule has 1 heterocycles. The summed E-state index contributed by atoms with van der Waals surface area (Å²) in [7, 11) is -5.07. The van der Waals surface area contributed by atoms with Crippen molar-refractivity contribution in [1.29, 1.82) is 0 Å². The summed E-state index contributed by atoms with van der Waals surface area (Å²) in [6, 6.07) is 4.16. The van der Waals surface area contributed by atoms with Crippen LogP contribution in [-0.2, 0) is 14.6 Å². The van der Waals surface area contributed by atoms with E-state index in [0.717, 1.165) is 0 Å². The van der Waals surface area contributed by atoms with Crippen molar-refractivity contribution in [3.05, 3.63) is 18.2 Å². The van der Waals surface area contributed by atoms with Crippen molar-refractivity contribution >= 4 is 22.0 Å². The minimum Gasteiger partial charge on any atom is -0.394 e. The first-order valence-corrected chi connectivity index (χ1v) is 7.89. The van der Waals surface area contributed by atoms with Gasteiger partial charge in [0.25, 0.3) is 0 Å². The van der Waals surface area contributed by atoms with Gasteiger partial charge in [-0.2, -0.15) is 8.42 Å². The second-order valence-corrected chi connectivity index (χ2v) is 5.81. The fraction of sp³-hybridized carbons (Fsp3) is 0.545. The molecule has 12 nitrogen and oxygen atoms in total. The lowest BCUT2D eigenvalue weighted by Gasteiger charge is -2.30. The number of pyridine rings is 1. The average Bonchev–Trinajstić information content (AvgIpc) is 2.50. The van der Waals surface area contributed by atoms with Gasteiger partial charge in [-0.15, -0.1) is 0 Å². The van der Waals surface area contributed by atoms with Crippen molar-refractivity contribution in [3.63, 3.8) is 0 Å². The summed E-state index contributed by atoms with van der Waals surface area (Å²) in [6.45, 7) is -0.932. The zero-order valence-corrected chi connectivity index (χ0v) is 13.0. The number of nitrogens with zero attached hydrogens (tertiary/aromatic N) is 1. The number of nitrogens with two attached hydrogens (primary N) is 1. The molecule has 13 heteroatoms. The van der Waals surface area contributed by atoms with E-state index in [1.165, 1.54) is 18.2 Å². The molecule has 0 radical (unpaired) electrons. The number of nitrogens with one attached hydrogen (secondary N) is 1. The lowest BCUT2D eigenvalue weighted by atomic mass is 10.0. The molecule has 5 atom stereocenters. The summed E-state index contributed by atoms with van der Waals surface area (Å²) in [5.74, 6) is -0.0384. The molecule has 9 N–H and O–H groups in total. The van der Waals surface area contributed by atoms with Crippen molar-refractivity contribution in [2.45, 2.75) is 30.6 Å². The second-order valence-electron chi connectivity index (χ2n) is 4.76. The maximum Gasteiger partial charge on any atom is 0.399 e. The van der Waals surface area contributed by atoms with E-state index in [4.69, 9.17) is 15.4 Å². The van der Waals surface area contributed by atoms with Crippen molar-refractivity contribution < 1.29 is 42.7 Å². The molecule has 0 aliphatic carbocycles. The van der Waals surface area contributed by atoms with Crippen molar-refractivity contribution in [2.24, 2.45) is 0 Å². The summed E-state index contributed by atoms with van der Waals surface area (Å²) in [5, 5.41) is 49.5. The van der Waals surface area contributed by atoms with Crippen LogP contribution in [0.1, 0.15) is 0 Å². The minimum atomic E-state index is -5.07. The smallest absolute Gasteiger partial charge is 0.394 e. The van der Waals surface area contributed by atoms with E-state index >= 15 is 0 Å². The highest BCUT2D eigenvalue weighted by Crippen LogP contribution is 2.16. The molecule has 0 bridgehead atoms. The molecule has 1 unspecified atom stereocenters. The number of hydrogen-bond acceptors (Lipinski definition) is 11. The molecule has 0 aliphatic rings. The van der Waals surface area contributed by atoms with Gasteiger partial charge in [0, 0.05) is 0 Å². The summed E-state index contributed by atoms with van der Waals surface area (Å²) in [6.07, 6.45) is -10.1. The number of aromatic nitrogens is 1. The fourth-order valence-electron chi connectivity index (χ4n) is 1.69. The predicted molar refractivity (Wildman–Crippen MR) is 79.8 cm³/mol. The molecule has 138 valence electrons. The van der Waals surface area contributed by atoms with Gasteiger partial charge >= 0.3 is 10.4 Å². The molecule has 1 aromatic heterocycles. The highest BCUT2D eigenvalue weighted by molar-refractivity contribution is 7.80. The average molecular weight is 369 g/mol. The Kier molecular flexibility index (Phi) is 7.25. The summed E-state index contributed by atoms with van der Waals surface area (Å²) in [5.41, 5.74) is 5.43. The Morgan fingerprint density at radius 1 is 1.17 bits per heavy atom. The van der Waals surface area contributed by atoms with E-state index in [-0.39, 0.29) is 11.6 Å². The maximum absolute atomic E-state index is 10.9. The zero-order valence-electron chi connectivity index (χ0n) is 12.2. The van der Waals surface area contributed by atoms with Gasteiger partial charge in [0.2, 0.25) is 0 Å². The van der Waals surface area contributed by atoms with E-state index in [1.54, 1.807) is 0 Å². The van der Waals surface area contributed by atoms with Crippen LogP contribution in [0, 0.1) is 0 Å². The molecule has 0 amide bonds. The van der Waals surface area contributed by atoms with Crippen LogP contribution >= 0.6 is 0 Å². The van der Waals surface area contributed by atoms with Crippen LogP contribution in [0.5, 0.6) is 0 Å². The molecule has 0 aromatic carbocycles. The largest absolute Gasteiger partial charge is 0.399 e. The normalized spacial score (nSPS) is 18.4. The third kappa shape index (κ3) is 6.14. The van der Waals surface area contributed by atoms with Crippen molar-refractivity contribution in [1.82, 2.24) is 4.98 Å². The van der Waals surface area contributed by atoms with Crippen LogP contribution in [0.25, 0.3) is 0 Å². The van der Waals surface area contributed by atoms with Gasteiger partial charge in [0.05, 0.1) is 6.61 Å². The SMILES string of the molecule is Nc1cccc(NC(OS(=O)(=O)O)[C@H](O)[C@@H](O)[C@H](O)[C@H](O)CO)n1. The molecule has 0 aliphatic heterocycles. The minimum absolute atomic E-state index is 0.0383. The monoisotopic (exact) mass is 369 g/mol. The second kappa shape index (κ2) is 8.50. The van der Waals surface area contributed by atoms with Gasteiger partial charge < -0.3 is 36.6 Å². The van der Waals surface area contributed by atoms with Crippen LogP contribution < -0.4 is 11.1 Å². The lowest BCUT2D eigenvalue weighted by molar-refractivity contribution is -0.132. The van der Waals surface area contributed by atoms with E-state index in [2.05, 4.69) is 14.5 Å². The maximum atomic E-state index is 10.9. The molecule has 0 saturated heterocycles. The Hall–Kier alpha value is -1.58. The molecule has 24 heavy (non-hydrogen) atoms. The van der Waals surface area contributed by atoms with Crippen LogP contribution in [0.2, 0.25) is 0 Å². The lowest BCUT2D eigenvalue weighted by Crippen LogP contribution is -2.53. The van der Waals surface area contributed by atoms with Gasteiger partial charge in [0.15, 0.2) is 6.23 Å². The highest BCUT2D eigenvalue weighted by Gasteiger charge is 2.37. The van der Waals surface area contributed by atoms with E-state index in [9.17, 15) is 28.8 Å². The van der Waals surface area contributed by atoms with E-state index < -0.39 is 47.6 Å². The third-order valence-electron chi connectivity index (χ3n) is 2.88. The molecule has 0 saturated carbocycles. The Balaban J connectivity index is 2.99. The quantitative estimate of drug-likeness (QED) is 0.158. The first-order valence-electron chi connectivity index (χ1n) is 6.53. The van der Waals surface area contributed by atoms with E-state index in [1.807, 2.05) is 0 Å². The van der Waals surface area contributed by atoms with Crippen LogP contribution in [0.15, 0.2) is 18.2 Å². The molecule has 0 spiro atoms. The van der Waals surface area contributed by atoms with Crippen molar-refractivity contribution in [2.75, 3.05) is 17.7 Å². The molecule has 0 fully saturated rings. The van der Waals surface area contributed by atoms with Crippen LogP contribution in [0.4, 0.5) is 11.6 Å². The number of anilines is 2. The standard InChI is InChI=1S/C11H19N3O9S/c12-6-2-1-3-7(13-6)14-11(23-24(20,21)22)10(19)9(18)8(17)5(16)4-15/h1-3,5,8-11,15-19H,4H2,(H3,12,13,14)(H,20,21,22)/t5-,8-,9+,10-,11?/m1/s1. The zero-order chi connectivity index (χ0) is 18.5. The van der Waals surface area contributed by atoms with Gasteiger partial charge in [-0.3, -0.25) is 4.55 Å².